The van der Waals surface area contributed by atoms with Gasteiger partial charge in [-0.3, -0.25) is 4.79 Å². The Morgan fingerprint density at radius 3 is 2.21 bits per heavy atom. The van der Waals surface area contributed by atoms with Crippen LogP contribution >= 0.6 is 11.3 Å². The number of carbonyl (C=O) groups is 1. The van der Waals surface area contributed by atoms with Crippen molar-refractivity contribution in [3.8, 4) is 0 Å². The molecule has 8 heteroatoms. The first-order valence-corrected chi connectivity index (χ1v) is 9.62. The first-order valence-electron chi connectivity index (χ1n) is 7.20. The van der Waals surface area contributed by atoms with Crippen molar-refractivity contribution in [2.45, 2.75) is 30.5 Å². The molecule has 0 unspecified atom stereocenters. The van der Waals surface area contributed by atoms with E-state index in [0.29, 0.717) is 0 Å². The lowest BCUT2D eigenvalue weighted by atomic mass is 10.0. The van der Waals surface area contributed by atoms with E-state index >= 15 is 0 Å². The van der Waals surface area contributed by atoms with Crippen LogP contribution in [0.25, 0.3) is 0 Å². The van der Waals surface area contributed by atoms with Crippen LogP contribution in [0, 0.1) is 5.92 Å². The second-order valence-corrected chi connectivity index (χ2v) is 8.44. The van der Waals surface area contributed by atoms with Gasteiger partial charge in [-0.15, -0.1) is 11.3 Å². The molecule has 0 saturated heterocycles. The second-order valence-electron chi connectivity index (χ2n) is 5.54. The summed E-state index contributed by atoms with van der Waals surface area (Å²) in [6.45, 7) is 3.95. The average Bonchev–Trinajstić information content (AvgIpc) is 3.06. The molecule has 0 bridgehead atoms. The highest BCUT2D eigenvalue weighted by atomic mass is 32.2. The van der Waals surface area contributed by atoms with Gasteiger partial charge in [0.05, 0.1) is 10.9 Å². The van der Waals surface area contributed by atoms with Crippen molar-refractivity contribution in [3.05, 3.63) is 52.2 Å². The smallest absolute Gasteiger partial charge is 0.341 e. The normalized spacial score (nSPS) is 13.2. The molecule has 1 amide bonds. The number of thiophene rings is 1. The van der Waals surface area contributed by atoms with Gasteiger partial charge in [0.25, 0.3) is 5.91 Å². The fourth-order valence-corrected chi connectivity index (χ4v) is 3.83. The maximum atomic E-state index is 12.5. The molecule has 1 aromatic heterocycles. The van der Waals surface area contributed by atoms with Crippen molar-refractivity contribution in [1.82, 2.24) is 5.32 Å². The molecular weight excluding hydrogens is 356 g/mol. The van der Waals surface area contributed by atoms with Gasteiger partial charge in [-0.1, -0.05) is 19.9 Å². The standard InChI is InChI=1S/C16H17F2NO3S2/c1-10(2)14(13-4-3-9-23-13)19-15(20)11-5-7-12(8-6-11)24(21,22)16(17)18/h3-10,14,16H,1-2H3,(H,19,20)/t14-/m1/s1. The van der Waals surface area contributed by atoms with Gasteiger partial charge in [-0.2, -0.15) is 8.78 Å². The Hall–Kier alpha value is -1.80. The van der Waals surface area contributed by atoms with Crippen LogP contribution in [0.2, 0.25) is 0 Å². The maximum Gasteiger partial charge on any atom is 0.341 e. The van der Waals surface area contributed by atoms with Crippen LogP contribution in [0.1, 0.15) is 35.1 Å². The third-order valence-corrected chi connectivity index (χ3v) is 5.84. The molecular formula is C16H17F2NO3S2. The summed E-state index contributed by atoms with van der Waals surface area (Å²) in [5, 5.41) is 4.81. The number of sulfone groups is 1. The zero-order valence-corrected chi connectivity index (χ0v) is 14.7. The summed E-state index contributed by atoms with van der Waals surface area (Å²) in [5.41, 5.74) is 0.213. The Balaban J connectivity index is 2.18. The number of carbonyl (C=O) groups excluding carboxylic acids is 1. The maximum absolute atomic E-state index is 12.5. The Bertz CT molecular complexity index is 785. The van der Waals surface area contributed by atoms with Crippen LogP contribution < -0.4 is 5.32 Å². The van der Waals surface area contributed by atoms with Gasteiger partial charge in [-0.05, 0) is 41.6 Å². The number of halogens is 2. The van der Waals surface area contributed by atoms with Crippen LogP contribution in [0.3, 0.4) is 0 Å². The lowest BCUT2D eigenvalue weighted by molar-refractivity contribution is 0.0926. The van der Waals surface area contributed by atoms with E-state index in [4.69, 9.17) is 0 Å². The Morgan fingerprint density at radius 2 is 1.75 bits per heavy atom. The molecule has 130 valence electrons. The van der Waals surface area contributed by atoms with Gasteiger partial charge >= 0.3 is 5.76 Å². The molecule has 0 aliphatic carbocycles. The Morgan fingerprint density at radius 1 is 1.12 bits per heavy atom. The Kier molecular flexibility index (Phi) is 5.71. The van der Waals surface area contributed by atoms with Gasteiger partial charge in [0.1, 0.15) is 0 Å². The lowest BCUT2D eigenvalue weighted by Crippen LogP contribution is -2.31. The van der Waals surface area contributed by atoms with Crippen molar-refractivity contribution in [2.24, 2.45) is 5.92 Å². The van der Waals surface area contributed by atoms with E-state index in [1.165, 1.54) is 23.5 Å². The molecule has 0 aliphatic rings. The molecule has 0 fully saturated rings. The molecule has 2 aromatic rings. The molecule has 2 rings (SSSR count). The summed E-state index contributed by atoms with van der Waals surface area (Å²) in [7, 11) is -4.65. The van der Waals surface area contributed by atoms with Gasteiger partial charge in [0, 0.05) is 10.4 Å². The molecule has 4 nitrogen and oxygen atoms in total. The highest BCUT2D eigenvalue weighted by Crippen LogP contribution is 2.26. The van der Waals surface area contributed by atoms with E-state index < -0.39 is 20.5 Å². The lowest BCUT2D eigenvalue weighted by Gasteiger charge is -2.21. The minimum absolute atomic E-state index is 0.158. The molecule has 1 atom stereocenters. The zero-order chi connectivity index (χ0) is 17.9. The van der Waals surface area contributed by atoms with Crippen LogP contribution in [0.15, 0.2) is 46.7 Å². The van der Waals surface area contributed by atoms with Crippen LogP contribution in [0.4, 0.5) is 8.78 Å². The largest absolute Gasteiger partial charge is 0.344 e. The van der Waals surface area contributed by atoms with Crippen LogP contribution in [-0.4, -0.2) is 20.1 Å². The van der Waals surface area contributed by atoms with E-state index in [1.54, 1.807) is 0 Å². The summed E-state index contributed by atoms with van der Waals surface area (Å²) in [5.74, 6) is -3.71. The van der Waals surface area contributed by atoms with Gasteiger partial charge in [0.15, 0.2) is 0 Å². The third-order valence-electron chi connectivity index (χ3n) is 3.48. The first-order chi connectivity index (χ1) is 11.2. The SMILES string of the molecule is CC(C)[C@@H](NC(=O)c1ccc(S(=O)(=O)C(F)F)cc1)c1cccs1. The number of alkyl halides is 2. The average molecular weight is 373 g/mol. The fourth-order valence-electron chi connectivity index (χ4n) is 2.16. The van der Waals surface area contributed by atoms with E-state index in [1.807, 2.05) is 31.4 Å². The molecule has 0 saturated carbocycles. The highest BCUT2D eigenvalue weighted by molar-refractivity contribution is 7.91. The quantitative estimate of drug-likeness (QED) is 0.836. The van der Waals surface area contributed by atoms with Crippen LogP contribution in [-0.2, 0) is 9.84 Å². The summed E-state index contributed by atoms with van der Waals surface area (Å²) in [6.07, 6.45) is 0. The molecule has 0 radical (unpaired) electrons. The fraction of sp³-hybridized carbons (Fsp3) is 0.312. The summed E-state index contributed by atoms with van der Waals surface area (Å²) in [4.78, 5) is 12.8. The molecule has 0 aliphatic heterocycles. The number of hydrogen-bond acceptors (Lipinski definition) is 4. The second kappa shape index (κ2) is 7.40. The van der Waals surface area contributed by atoms with Gasteiger partial charge in [-0.25, -0.2) is 8.42 Å². The zero-order valence-electron chi connectivity index (χ0n) is 13.1. The first kappa shape index (κ1) is 18.5. The third kappa shape index (κ3) is 3.99. The van der Waals surface area contributed by atoms with Crippen molar-refractivity contribution in [2.75, 3.05) is 0 Å². The van der Waals surface area contributed by atoms with E-state index in [9.17, 15) is 22.0 Å². The summed E-state index contributed by atoms with van der Waals surface area (Å²) in [6, 6.07) is 8.14. The van der Waals surface area contributed by atoms with E-state index in [-0.39, 0.29) is 23.4 Å². The topological polar surface area (TPSA) is 63.2 Å². The summed E-state index contributed by atoms with van der Waals surface area (Å²) >= 11 is 1.53. The summed E-state index contributed by atoms with van der Waals surface area (Å²) < 4.78 is 47.8. The molecule has 1 heterocycles. The molecule has 1 aromatic carbocycles. The van der Waals surface area contributed by atoms with Gasteiger partial charge < -0.3 is 5.32 Å². The molecule has 24 heavy (non-hydrogen) atoms. The van der Waals surface area contributed by atoms with Crippen molar-refractivity contribution in [3.63, 3.8) is 0 Å². The van der Waals surface area contributed by atoms with Crippen molar-refractivity contribution in [1.29, 1.82) is 0 Å². The number of nitrogens with one attached hydrogen (secondary N) is 1. The Labute approximate surface area is 143 Å². The number of amides is 1. The predicted octanol–water partition coefficient (Wildman–Crippen LogP) is 3.87. The predicted molar refractivity (Wildman–Crippen MR) is 89.0 cm³/mol. The van der Waals surface area contributed by atoms with E-state index in [0.717, 1.165) is 17.0 Å². The minimum Gasteiger partial charge on any atom is -0.344 e. The van der Waals surface area contributed by atoms with E-state index in [2.05, 4.69) is 5.32 Å². The minimum atomic E-state index is -4.65. The highest BCUT2D eigenvalue weighted by Gasteiger charge is 2.27. The van der Waals surface area contributed by atoms with Crippen molar-refractivity contribution < 1.29 is 22.0 Å². The molecule has 1 N–H and O–H groups in total. The van der Waals surface area contributed by atoms with Gasteiger partial charge in [0.2, 0.25) is 9.84 Å². The monoisotopic (exact) mass is 373 g/mol. The number of rotatable bonds is 6. The number of hydrogen-bond donors (Lipinski definition) is 1. The number of benzene rings is 1. The van der Waals surface area contributed by atoms with Crippen molar-refractivity contribution >= 4 is 27.1 Å². The molecule has 0 spiro atoms. The van der Waals surface area contributed by atoms with Crippen LogP contribution in [0.5, 0.6) is 0 Å².